The van der Waals surface area contributed by atoms with Gasteiger partial charge in [0, 0.05) is 13.1 Å². The molecule has 2 aromatic rings. The number of nitro groups is 1. The second kappa shape index (κ2) is 4.70. The molecule has 0 aliphatic carbocycles. The van der Waals surface area contributed by atoms with Crippen molar-refractivity contribution < 1.29 is 14.1 Å². The number of para-hydroxylation sites is 1. The van der Waals surface area contributed by atoms with Gasteiger partial charge < -0.3 is 15.1 Å². The van der Waals surface area contributed by atoms with E-state index in [4.69, 9.17) is 4.42 Å². The fourth-order valence-corrected chi connectivity index (χ4v) is 1.40. The van der Waals surface area contributed by atoms with E-state index in [9.17, 15) is 14.9 Å². The number of nitro benzene ring substituents is 1. The van der Waals surface area contributed by atoms with Crippen LogP contribution in [0, 0.1) is 10.1 Å². The molecule has 1 aromatic heterocycles. The zero-order valence-corrected chi connectivity index (χ0v) is 9.47. The Bertz CT molecular complexity index is 607. The van der Waals surface area contributed by atoms with Crippen molar-refractivity contribution in [3.63, 3.8) is 0 Å². The molecule has 0 aliphatic heterocycles. The predicted octanol–water partition coefficient (Wildman–Crippen LogP) is 0.894. The van der Waals surface area contributed by atoms with Crippen molar-refractivity contribution in [1.82, 2.24) is 10.3 Å². The molecule has 2 rings (SSSR count). The first-order chi connectivity index (χ1) is 8.61. The summed E-state index contributed by atoms with van der Waals surface area (Å²) < 4.78 is 5.25. The number of fused-ring (bicyclic) bond motifs is 1. The monoisotopic (exact) mass is 250 g/mol. The molecular formula is C10H10N4O4. The highest BCUT2D eigenvalue weighted by Gasteiger charge is 2.17. The number of benzene rings is 1. The average Bonchev–Trinajstić information content (AvgIpc) is 2.77. The van der Waals surface area contributed by atoms with Gasteiger partial charge in [-0.2, -0.15) is 4.98 Å². The SMILES string of the molecule is CNC(=O)CNc1nc2c([N+](=O)[O-])cccc2o1. The van der Waals surface area contributed by atoms with Gasteiger partial charge in [0.2, 0.25) is 5.91 Å². The van der Waals surface area contributed by atoms with Crippen LogP contribution in [0.3, 0.4) is 0 Å². The predicted molar refractivity (Wildman–Crippen MR) is 63.2 cm³/mol. The van der Waals surface area contributed by atoms with Gasteiger partial charge in [-0.25, -0.2) is 0 Å². The van der Waals surface area contributed by atoms with E-state index in [1.165, 1.54) is 19.2 Å². The number of rotatable bonds is 4. The Balaban J connectivity index is 2.30. The molecule has 0 atom stereocenters. The highest BCUT2D eigenvalue weighted by atomic mass is 16.6. The highest BCUT2D eigenvalue weighted by molar-refractivity contribution is 5.85. The number of non-ortho nitro benzene ring substituents is 1. The topological polar surface area (TPSA) is 110 Å². The van der Waals surface area contributed by atoms with Crippen molar-refractivity contribution in [3.8, 4) is 0 Å². The fourth-order valence-electron chi connectivity index (χ4n) is 1.40. The van der Waals surface area contributed by atoms with Gasteiger partial charge in [0.15, 0.2) is 11.1 Å². The smallest absolute Gasteiger partial charge is 0.298 e. The zero-order chi connectivity index (χ0) is 13.1. The number of hydrogen-bond donors (Lipinski definition) is 2. The van der Waals surface area contributed by atoms with Crippen LogP contribution >= 0.6 is 0 Å². The largest absolute Gasteiger partial charge is 0.423 e. The molecule has 0 saturated heterocycles. The normalized spacial score (nSPS) is 10.3. The number of oxazole rings is 1. The first-order valence-corrected chi connectivity index (χ1v) is 5.10. The number of likely N-dealkylation sites (N-methyl/N-ethyl adjacent to an activating group) is 1. The minimum absolute atomic E-state index is 0.0167. The molecule has 8 heteroatoms. The third-order valence-corrected chi connectivity index (χ3v) is 2.27. The third kappa shape index (κ3) is 2.21. The van der Waals surface area contributed by atoms with Crippen molar-refractivity contribution in [2.45, 2.75) is 0 Å². The summed E-state index contributed by atoms with van der Waals surface area (Å²) in [5.41, 5.74) is 0.315. The van der Waals surface area contributed by atoms with Crippen LogP contribution in [0.25, 0.3) is 11.1 Å². The molecular weight excluding hydrogens is 240 g/mol. The number of nitrogens with zero attached hydrogens (tertiary/aromatic N) is 2. The van der Waals surface area contributed by atoms with Gasteiger partial charge >= 0.3 is 0 Å². The molecule has 0 aliphatic rings. The van der Waals surface area contributed by atoms with Crippen LogP contribution in [0.4, 0.5) is 11.7 Å². The van der Waals surface area contributed by atoms with Gasteiger partial charge in [0.1, 0.15) is 0 Å². The first kappa shape index (κ1) is 11.8. The van der Waals surface area contributed by atoms with Crippen LogP contribution < -0.4 is 10.6 Å². The number of amides is 1. The number of anilines is 1. The molecule has 0 bridgehead atoms. The first-order valence-electron chi connectivity index (χ1n) is 5.10. The van der Waals surface area contributed by atoms with Crippen molar-refractivity contribution >= 4 is 28.7 Å². The van der Waals surface area contributed by atoms with Gasteiger partial charge in [-0.3, -0.25) is 14.9 Å². The van der Waals surface area contributed by atoms with Gasteiger partial charge in [-0.1, -0.05) is 6.07 Å². The molecule has 18 heavy (non-hydrogen) atoms. The van der Waals surface area contributed by atoms with E-state index < -0.39 is 4.92 Å². The Morgan fingerprint density at radius 1 is 1.56 bits per heavy atom. The Morgan fingerprint density at radius 3 is 3.00 bits per heavy atom. The summed E-state index contributed by atoms with van der Waals surface area (Å²) in [5, 5.41) is 15.8. The molecule has 1 amide bonds. The number of carbonyl (C=O) groups excluding carboxylic acids is 1. The van der Waals surface area contributed by atoms with Gasteiger partial charge in [0.25, 0.3) is 11.7 Å². The second-order valence-corrected chi connectivity index (χ2v) is 3.43. The van der Waals surface area contributed by atoms with Crippen LogP contribution in [0.5, 0.6) is 0 Å². The second-order valence-electron chi connectivity index (χ2n) is 3.43. The Hall–Kier alpha value is -2.64. The van der Waals surface area contributed by atoms with E-state index in [-0.39, 0.29) is 29.7 Å². The van der Waals surface area contributed by atoms with Crippen LogP contribution in [0.2, 0.25) is 0 Å². The Labute approximate surface area is 101 Å². The summed E-state index contributed by atoms with van der Waals surface area (Å²) in [6.07, 6.45) is 0. The van der Waals surface area contributed by atoms with E-state index in [0.29, 0.717) is 5.58 Å². The van der Waals surface area contributed by atoms with Crippen molar-refractivity contribution in [3.05, 3.63) is 28.3 Å². The van der Waals surface area contributed by atoms with Gasteiger partial charge in [-0.15, -0.1) is 0 Å². The lowest BCUT2D eigenvalue weighted by Crippen LogP contribution is -2.26. The van der Waals surface area contributed by atoms with Crippen LogP contribution in [-0.2, 0) is 4.79 Å². The summed E-state index contributed by atoms with van der Waals surface area (Å²) in [5.74, 6) is -0.244. The van der Waals surface area contributed by atoms with Gasteiger partial charge in [0.05, 0.1) is 11.5 Å². The lowest BCUT2D eigenvalue weighted by atomic mass is 10.3. The number of aromatic nitrogens is 1. The minimum atomic E-state index is -0.534. The maximum atomic E-state index is 11.0. The number of nitrogens with one attached hydrogen (secondary N) is 2. The van der Waals surface area contributed by atoms with Gasteiger partial charge in [-0.05, 0) is 6.07 Å². The standard InChI is InChI=1S/C10H10N4O4/c1-11-8(15)5-12-10-13-9-6(14(16)17)3-2-4-7(9)18-10/h2-4H,5H2,1H3,(H,11,15)(H,12,13). The summed E-state index contributed by atoms with van der Waals surface area (Å²) >= 11 is 0. The van der Waals surface area contributed by atoms with Crippen molar-refractivity contribution in [1.29, 1.82) is 0 Å². The van der Waals surface area contributed by atoms with E-state index in [1.807, 2.05) is 0 Å². The average molecular weight is 250 g/mol. The van der Waals surface area contributed by atoms with Crippen molar-refractivity contribution in [2.24, 2.45) is 0 Å². The van der Waals surface area contributed by atoms with E-state index >= 15 is 0 Å². The summed E-state index contributed by atoms with van der Waals surface area (Å²) in [6.45, 7) is -0.0167. The Kier molecular flexibility index (Phi) is 3.09. The molecule has 94 valence electrons. The molecule has 0 unspecified atom stereocenters. The highest BCUT2D eigenvalue weighted by Crippen LogP contribution is 2.26. The summed E-state index contributed by atoms with van der Waals surface area (Å²) in [4.78, 5) is 25.2. The van der Waals surface area contributed by atoms with Crippen LogP contribution in [-0.4, -0.2) is 29.4 Å². The molecule has 1 heterocycles. The minimum Gasteiger partial charge on any atom is -0.423 e. The summed E-state index contributed by atoms with van der Waals surface area (Å²) in [7, 11) is 1.50. The molecule has 1 aromatic carbocycles. The maximum absolute atomic E-state index is 11.0. The Morgan fingerprint density at radius 2 is 2.33 bits per heavy atom. The molecule has 2 N–H and O–H groups in total. The zero-order valence-electron chi connectivity index (χ0n) is 9.47. The molecule has 0 radical (unpaired) electrons. The molecule has 0 spiro atoms. The molecule has 0 fully saturated rings. The number of hydrogen-bond acceptors (Lipinski definition) is 6. The molecule has 0 saturated carbocycles. The third-order valence-electron chi connectivity index (χ3n) is 2.27. The lowest BCUT2D eigenvalue weighted by Gasteiger charge is -1.98. The van der Waals surface area contributed by atoms with Crippen LogP contribution in [0.1, 0.15) is 0 Å². The fraction of sp³-hybridized carbons (Fsp3) is 0.200. The van der Waals surface area contributed by atoms with Crippen molar-refractivity contribution in [2.75, 3.05) is 18.9 Å². The maximum Gasteiger partial charge on any atom is 0.298 e. The molecule has 8 nitrogen and oxygen atoms in total. The van der Waals surface area contributed by atoms with Crippen LogP contribution in [0.15, 0.2) is 22.6 Å². The lowest BCUT2D eigenvalue weighted by molar-refractivity contribution is -0.383. The summed E-state index contributed by atoms with van der Waals surface area (Å²) in [6, 6.07) is 4.49. The van der Waals surface area contributed by atoms with E-state index in [1.54, 1.807) is 6.07 Å². The van der Waals surface area contributed by atoms with E-state index in [0.717, 1.165) is 0 Å². The quantitative estimate of drug-likeness (QED) is 0.616. The number of carbonyl (C=O) groups is 1. The van der Waals surface area contributed by atoms with E-state index in [2.05, 4.69) is 15.6 Å².